The standard InChI is InChI=1S/C30H39N3O5/c1-9-21(5)33(28(36)24(18-34)31-29(37)38-30(6,7)8)26(23-17-12-11-16-22(23)10-2)27(35)32-25-19(3)14-13-15-20(25)4/h2,11-17,21,24,26,34H,9,18H2,1,3-8H3,(H,31,37)(H,32,35). The molecule has 2 aromatic carbocycles. The van der Waals surface area contributed by atoms with Gasteiger partial charge in [0, 0.05) is 17.3 Å². The van der Waals surface area contributed by atoms with Gasteiger partial charge in [0.1, 0.15) is 17.7 Å². The summed E-state index contributed by atoms with van der Waals surface area (Å²) in [5.41, 5.74) is 2.48. The highest BCUT2D eigenvalue weighted by Crippen LogP contribution is 2.31. The molecule has 0 aliphatic heterocycles. The van der Waals surface area contributed by atoms with Crippen LogP contribution < -0.4 is 10.6 Å². The van der Waals surface area contributed by atoms with Crippen LogP contribution in [0.5, 0.6) is 0 Å². The minimum atomic E-state index is -1.34. The molecule has 3 unspecified atom stereocenters. The minimum absolute atomic E-state index is 0.448. The lowest BCUT2D eigenvalue weighted by Crippen LogP contribution is -2.56. The fourth-order valence-corrected chi connectivity index (χ4v) is 4.10. The fourth-order valence-electron chi connectivity index (χ4n) is 4.10. The van der Waals surface area contributed by atoms with Crippen LogP contribution in [-0.2, 0) is 14.3 Å². The zero-order chi connectivity index (χ0) is 28.6. The van der Waals surface area contributed by atoms with E-state index in [2.05, 4.69) is 16.6 Å². The number of carbonyl (C=O) groups excluding carboxylic acids is 3. The van der Waals surface area contributed by atoms with E-state index in [1.165, 1.54) is 4.90 Å². The molecule has 0 spiro atoms. The molecule has 0 bridgehead atoms. The summed E-state index contributed by atoms with van der Waals surface area (Å²) in [4.78, 5) is 41.8. The number of anilines is 1. The molecule has 8 nitrogen and oxygen atoms in total. The zero-order valence-corrected chi connectivity index (χ0v) is 23.3. The maximum absolute atomic E-state index is 14.0. The van der Waals surface area contributed by atoms with E-state index < -0.39 is 48.2 Å². The second kappa shape index (κ2) is 13.1. The summed E-state index contributed by atoms with van der Waals surface area (Å²) in [5, 5.41) is 15.5. The molecular weight excluding hydrogens is 482 g/mol. The third-order valence-corrected chi connectivity index (χ3v) is 6.16. The van der Waals surface area contributed by atoms with Gasteiger partial charge in [0.15, 0.2) is 0 Å². The number of hydrogen-bond acceptors (Lipinski definition) is 5. The molecule has 3 N–H and O–H groups in total. The number of aryl methyl sites for hydroxylation is 2. The van der Waals surface area contributed by atoms with Crippen LogP contribution in [0.15, 0.2) is 42.5 Å². The maximum Gasteiger partial charge on any atom is 0.408 e. The maximum atomic E-state index is 14.0. The smallest absolute Gasteiger partial charge is 0.408 e. The van der Waals surface area contributed by atoms with Gasteiger partial charge in [-0.1, -0.05) is 49.2 Å². The molecule has 3 amide bonds. The summed E-state index contributed by atoms with van der Waals surface area (Å²) in [7, 11) is 0. The Hall–Kier alpha value is -3.83. The highest BCUT2D eigenvalue weighted by molar-refractivity contribution is 6.00. The SMILES string of the molecule is C#Cc1ccccc1C(C(=O)Nc1c(C)cccc1C)N(C(=O)C(CO)NC(=O)OC(C)(C)C)C(C)CC. The number of amides is 3. The van der Waals surface area contributed by atoms with Crippen molar-refractivity contribution in [3.8, 4) is 12.3 Å². The number of para-hydroxylation sites is 1. The predicted octanol–water partition coefficient (Wildman–Crippen LogP) is 4.48. The number of nitrogens with zero attached hydrogens (tertiary/aromatic N) is 1. The summed E-state index contributed by atoms with van der Waals surface area (Å²) in [6.45, 7) is 11.8. The number of benzene rings is 2. The predicted molar refractivity (Wildman–Crippen MR) is 149 cm³/mol. The molecule has 0 radical (unpaired) electrons. The lowest BCUT2D eigenvalue weighted by atomic mass is 9.95. The Kier molecular flexibility index (Phi) is 10.5. The summed E-state index contributed by atoms with van der Waals surface area (Å²) in [5.74, 6) is 1.51. The Labute approximate surface area is 225 Å². The van der Waals surface area contributed by atoms with Crippen LogP contribution in [0.1, 0.15) is 69.3 Å². The highest BCUT2D eigenvalue weighted by Gasteiger charge is 2.39. The van der Waals surface area contributed by atoms with Crippen molar-refractivity contribution in [1.82, 2.24) is 10.2 Å². The van der Waals surface area contributed by atoms with Gasteiger partial charge >= 0.3 is 6.09 Å². The van der Waals surface area contributed by atoms with Crippen molar-refractivity contribution < 1.29 is 24.2 Å². The van der Waals surface area contributed by atoms with Crippen LogP contribution in [0, 0.1) is 26.2 Å². The van der Waals surface area contributed by atoms with Crippen LogP contribution in [0.4, 0.5) is 10.5 Å². The molecule has 8 heteroatoms. The first-order valence-corrected chi connectivity index (χ1v) is 12.7. The van der Waals surface area contributed by atoms with Gasteiger partial charge in [0.25, 0.3) is 5.91 Å². The van der Waals surface area contributed by atoms with Crippen molar-refractivity contribution in [2.45, 2.75) is 78.6 Å². The summed E-state index contributed by atoms with van der Waals surface area (Å²) in [6, 6.07) is 9.66. The number of carbonyl (C=O) groups is 3. The number of terminal acetylenes is 1. The van der Waals surface area contributed by atoms with Gasteiger partial charge in [-0.25, -0.2) is 4.79 Å². The number of alkyl carbamates (subject to hydrolysis) is 1. The second-order valence-electron chi connectivity index (χ2n) is 10.3. The molecule has 204 valence electrons. The largest absolute Gasteiger partial charge is 0.444 e. The average molecular weight is 522 g/mol. The third-order valence-electron chi connectivity index (χ3n) is 6.16. The summed E-state index contributed by atoms with van der Waals surface area (Å²) < 4.78 is 5.28. The van der Waals surface area contributed by atoms with Crippen LogP contribution >= 0.6 is 0 Å². The van der Waals surface area contributed by atoms with E-state index in [1.54, 1.807) is 52.0 Å². The Morgan fingerprint density at radius 1 is 1.08 bits per heavy atom. The molecule has 0 aliphatic carbocycles. The molecule has 2 aromatic rings. The van der Waals surface area contributed by atoms with E-state index in [0.717, 1.165) is 11.1 Å². The first-order chi connectivity index (χ1) is 17.8. The van der Waals surface area contributed by atoms with Gasteiger partial charge in [-0.2, -0.15) is 0 Å². The molecule has 0 aliphatic rings. The highest BCUT2D eigenvalue weighted by atomic mass is 16.6. The zero-order valence-electron chi connectivity index (χ0n) is 23.3. The monoisotopic (exact) mass is 521 g/mol. The first kappa shape index (κ1) is 30.4. The molecule has 0 heterocycles. The number of aliphatic hydroxyl groups is 1. The number of nitrogens with one attached hydrogen (secondary N) is 2. The minimum Gasteiger partial charge on any atom is -0.444 e. The Morgan fingerprint density at radius 3 is 2.21 bits per heavy atom. The molecule has 38 heavy (non-hydrogen) atoms. The van der Waals surface area contributed by atoms with E-state index in [-0.39, 0.29) is 0 Å². The van der Waals surface area contributed by atoms with Gasteiger partial charge in [-0.15, -0.1) is 6.42 Å². The van der Waals surface area contributed by atoms with Crippen molar-refractivity contribution in [2.24, 2.45) is 0 Å². The molecule has 3 atom stereocenters. The molecule has 0 aromatic heterocycles. The third kappa shape index (κ3) is 7.59. The molecule has 0 fully saturated rings. The molecular formula is C30H39N3O5. The Balaban J connectivity index is 2.62. The Morgan fingerprint density at radius 2 is 1.68 bits per heavy atom. The van der Waals surface area contributed by atoms with Crippen LogP contribution in [0.2, 0.25) is 0 Å². The van der Waals surface area contributed by atoms with E-state index in [1.807, 2.05) is 39.0 Å². The van der Waals surface area contributed by atoms with Crippen molar-refractivity contribution >= 4 is 23.6 Å². The van der Waals surface area contributed by atoms with Crippen molar-refractivity contribution in [2.75, 3.05) is 11.9 Å². The van der Waals surface area contributed by atoms with Crippen LogP contribution in [0.3, 0.4) is 0 Å². The van der Waals surface area contributed by atoms with E-state index in [0.29, 0.717) is 23.2 Å². The lowest BCUT2D eigenvalue weighted by molar-refractivity contribution is -0.144. The lowest BCUT2D eigenvalue weighted by Gasteiger charge is -2.38. The topological polar surface area (TPSA) is 108 Å². The van der Waals surface area contributed by atoms with Gasteiger partial charge < -0.3 is 25.4 Å². The normalized spacial score (nSPS) is 13.4. The van der Waals surface area contributed by atoms with E-state index >= 15 is 0 Å². The Bertz CT molecular complexity index is 1170. The number of aliphatic hydroxyl groups excluding tert-OH is 1. The number of ether oxygens (including phenoxy) is 1. The van der Waals surface area contributed by atoms with Crippen LogP contribution in [-0.4, -0.2) is 52.2 Å². The first-order valence-electron chi connectivity index (χ1n) is 12.7. The molecule has 0 saturated carbocycles. The van der Waals surface area contributed by atoms with Crippen molar-refractivity contribution in [1.29, 1.82) is 0 Å². The van der Waals surface area contributed by atoms with Crippen molar-refractivity contribution in [3.05, 3.63) is 64.7 Å². The summed E-state index contributed by atoms with van der Waals surface area (Å²) in [6.07, 6.45) is 5.44. The quantitative estimate of drug-likeness (QED) is 0.422. The van der Waals surface area contributed by atoms with E-state index in [4.69, 9.17) is 11.2 Å². The number of rotatable bonds is 9. The number of hydrogen-bond donors (Lipinski definition) is 3. The van der Waals surface area contributed by atoms with E-state index in [9.17, 15) is 19.5 Å². The fraction of sp³-hybridized carbons (Fsp3) is 0.433. The molecule has 2 rings (SSSR count). The summed E-state index contributed by atoms with van der Waals surface area (Å²) >= 11 is 0. The van der Waals surface area contributed by atoms with Gasteiger partial charge in [-0.05, 0) is 70.7 Å². The van der Waals surface area contributed by atoms with Gasteiger partial charge in [0.05, 0.1) is 6.61 Å². The second-order valence-corrected chi connectivity index (χ2v) is 10.3. The van der Waals surface area contributed by atoms with Gasteiger partial charge in [-0.3, -0.25) is 9.59 Å². The van der Waals surface area contributed by atoms with Gasteiger partial charge in [0.2, 0.25) is 5.91 Å². The van der Waals surface area contributed by atoms with Crippen molar-refractivity contribution in [3.63, 3.8) is 0 Å². The molecule has 0 saturated heterocycles. The van der Waals surface area contributed by atoms with Crippen LogP contribution in [0.25, 0.3) is 0 Å². The average Bonchev–Trinajstić information content (AvgIpc) is 2.86.